The molecule has 98 valence electrons. The van der Waals surface area contributed by atoms with E-state index in [2.05, 4.69) is 32.1 Å². The number of fused-ring (bicyclic) bond motifs is 1. The van der Waals surface area contributed by atoms with Gasteiger partial charge < -0.3 is 10.3 Å². The molecule has 0 aliphatic heterocycles. The molecule has 2 heterocycles. The molecule has 19 heavy (non-hydrogen) atoms. The van der Waals surface area contributed by atoms with Crippen molar-refractivity contribution in [2.24, 2.45) is 0 Å². The van der Waals surface area contributed by atoms with E-state index in [9.17, 15) is 4.79 Å². The first-order chi connectivity index (χ1) is 9.08. The standard InChI is InChI=1S/C12H10Cl2N4O/c1-7(19)15-5-3-2-4-8-6-16-11-9(8)10(13)17-12(14)18-11/h6H,3,5H2,1H3,(H,15,19)(H,16,17,18). The normalized spacial score (nSPS) is 10.1. The van der Waals surface area contributed by atoms with E-state index in [1.165, 1.54) is 6.92 Å². The lowest BCUT2D eigenvalue weighted by Gasteiger charge is -1.95. The Morgan fingerprint density at radius 2 is 2.26 bits per heavy atom. The number of carbonyl (C=O) groups is 1. The summed E-state index contributed by atoms with van der Waals surface area (Å²) in [5, 5.41) is 3.67. The van der Waals surface area contributed by atoms with Crippen molar-refractivity contribution in [3.63, 3.8) is 0 Å². The average molecular weight is 297 g/mol. The lowest BCUT2D eigenvalue weighted by atomic mass is 10.2. The largest absolute Gasteiger partial charge is 0.355 e. The van der Waals surface area contributed by atoms with Crippen LogP contribution in [0.15, 0.2) is 6.20 Å². The summed E-state index contributed by atoms with van der Waals surface area (Å²) < 4.78 is 0. The second-order valence-corrected chi connectivity index (χ2v) is 4.44. The number of hydrogen-bond donors (Lipinski definition) is 2. The van der Waals surface area contributed by atoms with Gasteiger partial charge in [0.05, 0.1) is 10.9 Å². The molecule has 0 spiro atoms. The molecule has 0 aliphatic carbocycles. The first kappa shape index (κ1) is 13.7. The number of rotatable bonds is 2. The number of carbonyl (C=O) groups excluding carboxylic acids is 1. The minimum atomic E-state index is -0.0695. The van der Waals surface area contributed by atoms with Gasteiger partial charge >= 0.3 is 0 Å². The molecule has 1 amide bonds. The number of aromatic amines is 1. The summed E-state index contributed by atoms with van der Waals surface area (Å²) in [6.45, 7) is 1.98. The Morgan fingerprint density at radius 3 is 3.00 bits per heavy atom. The maximum absolute atomic E-state index is 10.7. The third kappa shape index (κ3) is 3.37. The van der Waals surface area contributed by atoms with Gasteiger partial charge in [0.25, 0.3) is 0 Å². The van der Waals surface area contributed by atoms with Crippen molar-refractivity contribution in [1.29, 1.82) is 0 Å². The molecular formula is C12H10Cl2N4O. The van der Waals surface area contributed by atoms with Crippen molar-refractivity contribution in [2.45, 2.75) is 13.3 Å². The molecule has 0 radical (unpaired) electrons. The Morgan fingerprint density at radius 1 is 1.47 bits per heavy atom. The number of nitrogens with one attached hydrogen (secondary N) is 2. The molecule has 2 aromatic heterocycles. The second-order valence-electron chi connectivity index (χ2n) is 3.74. The molecule has 2 rings (SSSR count). The molecule has 0 aromatic carbocycles. The highest BCUT2D eigenvalue weighted by molar-refractivity contribution is 6.36. The Hall–Kier alpha value is -1.77. The van der Waals surface area contributed by atoms with Crippen LogP contribution in [-0.2, 0) is 4.79 Å². The van der Waals surface area contributed by atoms with Crippen molar-refractivity contribution < 1.29 is 4.79 Å². The third-order valence-corrected chi connectivity index (χ3v) is 2.75. The van der Waals surface area contributed by atoms with Gasteiger partial charge in [0.1, 0.15) is 10.8 Å². The molecule has 2 aromatic rings. The summed E-state index contributed by atoms with van der Waals surface area (Å²) in [6.07, 6.45) is 2.26. The van der Waals surface area contributed by atoms with Crippen LogP contribution in [0, 0.1) is 11.8 Å². The van der Waals surface area contributed by atoms with E-state index in [0.29, 0.717) is 29.6 Å². The molecule has 2 N–H and O–H groups in total. The van der Waals surface area contributed by atoms with Crippen LogP contribution in [0.2, 0.25) is 10.4 Å². The Kier molecular flexibility index (Phi) is 4.25. The van der Waals surface area contributed by atoms with Gasteiger partial charge in [-0.15, -0.1) is 0 Å². The van der Waals surface area contributed by atoms with Crippen LogP contribution in [0.25, 0.3) is 11.0 Å². The summed E-state index contributed by atoms with van der Waals surface area (Å²) in [5.41, 5.74) is 1.26. The van der Waals surface area contributed by atoms with E-state index >= 15 is 0 Å². The van der Waals surface area contributed by atoms with E-state index < -0.39 is 0 Å². The third-order valence-electron chi connectivity index (χ3n) is 2.31. The highest BCUT2D eigenvalue weighted by atomic mass is 35.5. The van der Waals surface area contributed by atoms with Crippen LogP contribution in [-0.4, -0.2) is 27.4 Å². The maximum Gasteiger partial charge on any atom is 0.225 e. The van der Waals surface area contributed by atoms with Crippen LogP contribution >= 0.6 is 23.2 Å². The number of halogens is 2. The summed E-state index contributed by atoms with van der Waals surface area (Å²) in [7, 11) is 0. The van der Waals surface area contributed by atoms with Crippen molar-refractivity contribution in [3.8, 4) is 11.8 Å². The molecular weight excluding hydrogens is 287 g/mol. The Labute approximate surface area is 119 Å². The van der Waals surface area contributed by atoms with Gasteiger partial charge in [0.15, 0.2) is 0 Å². The van der Waals surface area contributed by atoms with Gasteiger partial charge in [-0.1, -0.05) is 23.4 Å². The zero-order valence-electron chi connectivity index (χ0n) is 10.1. The average Bonchev–Trinajstić information content (AvgIpc) is 2.71. The molecule has 0 unspecified atom stereocenters. The number of amides is 1. The quantitative estimate of drug-likeness (QED) is 0.386. The van der Waals surface area contributed by atoms with E-state index in [-0.39, 0.29) is 16.3 Å². The molecule has 0 saturated carbocycles. The second kappa shape index (κ2) is 5.91. The SMILES string of the molecule is CC(=O)NCCC#Cc1c[nH]c2nc(Cl)nc(Cl)c12. The van der Waals surface area contributed by atoms with E-state index in [0.717, 1.165) is 0 Å². The predicted molar refractivity (Wildman–Crippen MR) is 74.1 cm³/mol. The number of aromatic nitrogens is 3. The Balaban J connectivity index is 2.18. The van der Waals surface area contributed by atoms with E-state index in [4.69, 9.17) is 23.2 Å². The van der Waals surface area contributed by atoms with Crippen molar-refractivity contribution >= 4 is 40.1 Å². The summed E-state index contributed by atoms with van der Waals surface area (Å²) in [4.78, 5) is 21.5. The molecule has 7 heteroatoms. The molecule has 0 fully saturated rings. The van der Waals surface area contributed by atoms with Crippen LogP contribution in [0.1, 0.15) is 18.9 Å². The first-order valence-electron chi connectivity index (χ1n) is 5.51. The topological polar surface area (TPSA) is 70.7 Å². The van der Waals surface area contributed by atoms with Gasteiger partial charge in [0.2, 0.25) is 11.2 Å². The lowest BCUT2D eigenvalue weighted by Crippen LogP contribution is -2.20. The first-order valence-corrected chi connectivity index (χ1v) is 6.27. The number of hydrogen-bond acceptors (Lipinski definition) is 3. The van der Waals surface area contributed by atoms with Gasteiger partial charge in [-0.3, -0.25) is 4.79 Å². The Bertz CT molecular complexity index is 684. The molecule has 0 atom stereocenters. The van der Waals surface area contributed by atoms with E-state index in [1.54, 1.807) is 6.20 Å². The smallest absolute Gasteiger partial charge is 0.225 e. The molecule has 0 bridgehead atoms. The van der Waals surface area contributed by atoms with Crippen LogP contribution in [0.4, 0.5) is 0 Å². The minimum absolute atomic E-state index is 0.0695. The maximum atomic E-state index is 10.7. The van der Waals surface area contributed by atoms with Crippen LogP contribution in [0.3, 0.4) is 0 Å². The van der Waals surface area contributed by atoms with Crippen molar-refractivity contribution in [3.05, 3.63) is 22.2 Å². The summed E-state index contributed by atoms with van der Waals surface area (Å²) >= 11 is 11.7. The molecule has 5 nitrogen and oxygen atoms in total. The molecule has 0 aliphatic rings. The van der Waals surface area contributed by atoms with Gasteiger partial charge in [-0.05, 0) is 11.6 Å². The summed E-state index contributed by atoms with van der Waals surface area (Å²) in [6, 6.07) is 0. The van der Waals surface area contributed by atoms with Gasteiger partial charge in [-0.2, -0.15) is 4.98 Å². The fourth-order valence-electron chi connectivity index (χ4n) is 1.52. The fraction of sp³-hybridized carbons (Fsp3) is 0.250. The van der Waals surface area contributed by atoms with Gasteiger partial charge in [-0.25, -0.2) is 4.98 Å². The van der Waals surface area contributed by atoms with Crippen LogP contribution in [0.5, 0.6) is 0 Å². The highest BCUT2D eigenvalue weighted by Gasteiger charge is 2.09. The lowest BCUT2D eigenvalue weighted by molar-refractivity contribution is -0.118. The monoisotopic (exact) mass is 296 g/mol. The molecule has 0 saturated heterocycles. The number of H-pyrrole nitrogens is 1. The van der Waals surface area contributed by atoms with Crippen molar-refractivity contribution in [1.82, 2.24) is 20.3 Å². The fourth-order valence-corrected chi connectivity index (χ4v) is 2.00. The minimum Gasteiger partial charge on any atom is -0.355 e. The van der Waals surface area contributed by atoms with Crippen molar-refractivity contribution in [2.75, 3.05) is 6.54 Å². The number of nitrogens with zero attached hydrogens (tertiary/aromatic N) is 2. The predicted octanol–water partition coefficient (Wildman–Crippen LogP) is 2.14. The highest BCUT2D eigenvalue weighted by Crippen LogP contribution is 2.24. The zero-order valence-corrected chi connectivity index (χ0v) is 11.6. The summed E-state index contributed by atoms with van der Waals surface area (Å²) in [5.74, 6) is 5.84. The zero-order chi connectivity index (χ0) is 13.8. The van der Waals surface area contributed by atoms with Gasteiger partial charge in [0, 0.05) is 26.1 Å². The van der Waals surface area contributed by atoms with E-state index in [1.807, 2.05) is 0 Å². The van der Waals surface area contributed by atoms with Crippen LogP contribution < -0.4 is 5.32 Å².